The molecule has 8 heteroatoms. The summed E-state index contributed by atoms with van der Waals surface area (Å²) < 4.78 is 0.911. The van der Waals surface area contributed by atoms with Crippen molar-refractivity contribution in [1.82, 2.24) is 9.80 Å². The predicted octanol–water partition coefficient (Wildman–Crippen LogP) is 3.85. The van der Waals surface area contributed by atoms with Crippen LogP contribution in [0.25, 0.3) is 0 Å². The normalized spacial score (nSPS) is 14.4. The second-order valence-corrected chi connectivity index (χ2v) is 8.44. The van der Waals surface area contributed by atoms with Gasteiger partial charge in [0.05, 0.1) is 17.3 Å². The molecule has 1 heterocycles. The largest absolute Gasteiger partial charge is 0.340 e. The molecule has 1 fully saturated rings. The molecule has 30 heavy (non-hydrogen) atoms. The monoisotopic (exact) mass is 491 g/mol. The molecule has 2 amide bonds. The van der Waals surface area contributed by atoms with Crippen LogP contribution >= 0.6 is 27.5 Å². The molecule has 1 aliphatic rings. The van der Waals surface area contributed by atoms with E-state index in [4.69, 9.17) is 11.6 Å². The first kappa shape index (κ1) is 22.5. The zero-order valence-corrected chi connectivity index (χ0v) is 18.8. The summed E-state index contributed by atoms with van der Waals surface area (Å²) in [5.41, 5.74) is 1.20. The Hall–Kier alpha value is -2.22. The predicted molar refractivity (Wildman–Crippen MR) is 121 cm³/mol. The van der Waals surface area contributed by atoms with E-state index >= 15 is 0 Å². The van der Waals surface area contributed by atoms with Gasteiger partial charge in [0.25, 0.3) is 0 Å². The zero-order chi connectivity index (χ0) is 21.5. The molecule has 0 saturated carbocycles. The lowest BCUT2D eigenvalue weighted by Gasteiger charge is -2.34. The van der Waals surface area contributed by atoms with E-state index in [2.05, 4.69) is 21.2 Å². The van der Waals surface area contributed by atoms with E-state index in [0.29, 0.717) is 42.5 Å². The Labute approximate surface area is 189 Å². The summed E-state index contributed by atoms with van der Waals surface area (Å²) in [6.07, 6.45) is 0.392. The summed E-state index contributed by atoms with van der Waals surface area (Å²) in [7, 11) is 0. The van der Waals surface area contributed by atoms with Gasteiger partial charge in [0.1, 0.15) is 0 Å². The number of piperazine rings is 1. The van der Waals surface area contributed by atoms with Crippen LogP contribution in [0.15, 0.2) is 53.0 Å². The van der Waals surface area contributed by atoms with E-state index in [9.17, 15) is 14.4 Å². The maximum atomic E-state index is 12.4. The van der Waals surface area contributed by atoms with E-state index in [1.54, 1.807) is 35.2 Å². The molecule has 0 bridgehead atoms. The number of carbonyl (C=O) groups excluding carboxylic acids is 3. The second kappa shape index (κ2) is 10.7. The topological polar surface area (TPSA) is 69.7 Å². The quantitative estimate of drug-likeness (QED) is 0.596. The van der Waals surface area contributed by atoms with Gasteiger partial charge in [0.15, 0.2) is 5.78 Å². The third-order valence-corrected chi connectivity index (χ3v) is 5.83. The highest BCUT2D eigenvalue weighted by Gasteiger charge is 2.23. The SMILES string of the molecule is O=C(CN1CCN(C(=O)CCC(=O)c2ccc(Br)cc2)CC1)Nc1ccccc1Cl. The number of Topliss-reactive ketones (excluding diaryl/α,β-unsaturated/α-hetero) is 1. The Morgan fingerprint density at radius 3 is 2.27 bits per heavy atom. The fourth-order valence-corrected chi connectivity index (χ4v) is 3.72. The van der Waals surface area contributed by atoms with Gasteiger partial charge in [0.2, 0.25) is 11.8 Å². The number of hydrogen-bond donors (Lipinski definition) is 1. The highest BCUT2D eigenvalue weighted by Crippen LogP contribution is 2.20. The lowest BCUT2D eigenvalue weighted by atomic mass is 10.1. The fraction of sp³-hybridized carbons (Fsp3) is 0.318. The lowest BCUT2D eigenvalue weighted by molar-refractivity contribution is -0.133. The molecular formula is C22H23BrClN3O3. The smallest absolute Gasteiger partial charge is 0.238 e. The van der Waals surface area contributed by atoms with Crippen LogP contribution in [0.4, 0.5) is 5.69 Å². The average molecular weight is 493 g/mol. The Balaban J connectivity index is 1.39. The van der Waals surface area contributed by atoms with Crippen LogP contribution in [0.2, 0.25) is 5.02 Å². The minimum absolute atomic E-state index is 0.0272. The maximum absolute atomic E-state index is 12.4. The molecule has 0 spiro atoms. The number of nitrogens with one attached hydrogen (secondary N) is 1. The van der Waals surface area contributed by atoms with Crippen LogP contribution in [-0.4, -0.2) is 60.1 Å². The minimum Gasteiger partial charge on any atom is -0.340 e. The summed E-state index contributed by atoms with van der Waals surface area (Å²) in [6.45, 7) is 2.56. The van der Waals surface area contributed by atoms with Crippen LogP contribution in [0.3, 0.4) is 0 Å². The number of rotatable bonds is 7. The van der Waals surface area contributed by atoms with Gasteiger partial charge < -0.3 is 10.2 Å². The molecule has 6 nitrogen and oxygen atoms in total. The molecule has 158 valence electrons. The van der Waals surface area contributed by atoms with Gasteiger partial charge >= 0.3 is 0 Å². The second-order valence-electron chi connectivity index (χ2n) is 7.12. The number of amides is 2. The molecule has 0 radical (unpaired) electrons. The van der Waals surface area contributed by atoms with Crippen LogP contribution in [-0.2, 0) is 9.59 Å². The summed E-state index contributed by atoms with van der Waals surface area (Å²) in [5.74, 6) is -0.200. The van der Waals surface area contributed by atoms with E-state index in [1.165, 1.54) is 0 Å². The number of carbonyl (C=O) groups is 3. The molecule has 1 N–H and O–H groups in total. The first-order valence-corrected chi connectivity index (χ1v) is 10.9. The van der Waals surface area contributed by atoms with Crippen molar-refractivity contribution in [2.24, 2.45) is 0 Å². The van der Waals surface area contributed by atoms with Gasteiger partial charge in [-0.2, -0.15) is 0 Å². The van der Waals surface area contributed by atoms with Crippen molar-refractivity contribution in [3.05, 3.63) is 63.6 Å². The molecular weight excluding hydrogens is 470 g/mol. The fourth-order valence-electron chi connectivity index (χ4n) is 3.27. The highest BCUT2D eigenvalue weighted by atomic mass is 79.9. The van der Waals surface area contributed by atoms with Crippen molar-refractivity contribution in [2.75, 3.05) is 38.0 Å². The first-order chi connectivity index (χ1) is 14.4. The molecule has 3 rings (SSSR count). The van der Waals surface area contributed by atoms with Crippen molar-refractivity contribution in [1.29, 1.82) is 0 Å². The van der Waals surface area contributed by atoms with E-state index < -0.39 is 0 Å². The number of nitrogens with zero attached hydrogens (tertiary/aromatic N) is 2. The number of benzene rings is 2. The Kier molecular flexibility index (Phi) is 8.01. The molecule has 1 aliphatic heterocycles. The molecule has 0 unspecified atom stereocenters. The Morgan fingerprint density at radius 1 is 0.933 bits per heavy atom. The van der Waals surface area contributed by atoms with E-state index in [1.807, 2.05) is 23.1 Å². The standard InChI is InChI=1S/C22H23BrClN3O3/c23-17-7-5-16(6-8-17)20(28)9-10-22(30)27-13-11-26(12-14-27)15-21(29)25-19-4-2-1-3-18(19)24/h1-8H,9-15H2,(H,25,29). The molecule has 2 aromatic rings. The summed E-state index contributed by atoms with van der Waals surface area (Å²) >= 11 is 9.41. The number of hydrogen-bond acceptors (Lipinski definition) is 4. The number of ketones is 1. The third kappa shape index (κ3) is 6.39. The van der Waals surface area contributed by atoms with Crippen LogP contribution in [0.1, 0.15) is 23.2 Å². The number of halogens is 2. The molecule has 0 aliphatic carbocycles. The van der Waals surface area contributed by atoms with Gasteiger partial charge in [-0.05, 0) is 24.3 Å². The summed E-state index contributed by atoms with van der Waals surface area (Å²) in [6, 6.07) is 14.2. The third-order valence-electron chi connectivity index (χ3n) is 4.97. The van der Waals surface area contributed by atoms with Crippen LogP contribution in [0, 0.1) is 0 Å². The molecule has 2 aromatic carbocycles. The van der Waals surface area contributed by atoms with Crippen molar-refractivity contribution in [3.63, 3.8) is 0 Å². The number of para-hydroxylation sites is 1. The molecule has 0 atom stereocenters. The van der Waals surface area contributed by atoms with Crippen LogP contribution < -0.4 is 5.32 Å². The van der Waals surface area contributed by atoms with Gasteiger partial charge in [0, 0.05) is 49.1 Å². The van der Waals surface area contributed by atoms with Crippen molar-refractivity contribution >= 4 is 50.8 Å². The first-order valence-electron chi connectivity index (χ1n) is 9.75. The average Bonchev–Trinajstić information content (AvgIpc) is 2.74. The van der Waals surface area contributed by atoms with E-state index in [0.717, 1.165) is 4.47 Å². The minimum atomic E-state index is -0.136. The van der Waals surface area contributed by atoms with Gasteiger partial charge in [-0.15, -0.1) is 0 Å². The molecule has 1 saturated heterocycles. The van der Waals surface area contributed by atoms with Crippen molar-refractivity contribution < 1.29 is 14.4 Å². The zero-order valence-electron chi connectivity index (χ0n) is 16.4. The van der Waals surface area contributed by atoms with Gasteiger partial charge in [-0.3, -0.25) is 19.3 Å². The maximum Gasteiger partial charge on any atom is 0.238 e. The lowest BCUT2D eigenvalue weighted by Crippen LogP contribution is -2.50. The Bertz CT molecular complexity index is 912. The Morgan fingerprint density at radius 2 is 1.60 bits per heavy atom. The molecule has 0 aromatic heterocycles. The van der Waals surface area contributed by atoms with Gasteiger partial charge in [-0.1, -0.05) is 51.8 Å². The van der Waals surface area contributed by atoms with E-state index in [-0.39, 0.29) is 37.0 Å². The summed E-state index contributed by atoms with van der Waals surface area (Å²) in [4.78, 5) is 40.7. The highest BCUT2D eigenvalue weighted by molar-refractivity contribution is 9.10. The summed E-state index contributed by atoms with van der Waals surface area (Å²) in [5, 5.41) is 3.31. The van der Waals surface area contributed by atoms with Crippen molar-refractivity contribution in [3.8, 4) is 0 Å². The van der Waals surface area contributed by atoms with Gasteiger partial charge in [-0.25, -0.2) is 0 Å². The van der Waals surface area contributed by atoms with Crippen LogP contribution in [0.5, 0.6) is 0 Å². The van der Waals surface area contributed by atoms with Crippen molar-refractivity contribution in [2.45, 2.75) is 12.8 Å². The number of anilines is 1.